The lowest BCUT2D eigenvalue weighted by atomic mass is 10.0. The first-order valence-electron chi connectivity index (χ1n) is 6.09. The summed E-state index contributed by atoms with van der Waals surface area (Å²) in [7, 11) is 0. The third kappa shape index (κ3) is 3.55. The van der Waals surface area contributed by atoms with Crippen LogP contribution in [0.4, 0.5) is 11.4 Å². The molecule has 1 aromatic rings. The molecule has 0 aliphatic carbocycles. The fourth-order valence-corrected chi connectivity index (χ4v) is 1.75. The van der Waals surface area contributed by atoms with Crippen LogP contribution in [0.15, 0.2) is 18.2 Å². The predicted molar refractivity (Wildman–Crippen MR) is 71.0 cm³/mol. The average molecular weight is 250 g/mol. The third-order valence-electron chi connectivity index (χ3n) is 3.09. The van der Waals surface area contributed by atoms with E-state index >= 15 is 0 Å². The molecule has 1 rings (SSSR count). The Hall–Kier alpha value is -1.91. The maximum atomic E-state index is 10.9. The van der Waals surface area contributed by atoms with Gasteiger partial charge in [0.15, 0.2) is 0 Å². The van der Waals surface area contributed by atoms with Crippen LogP contribution in [-0.2, 0) is 0 Å². The number of carbonyl (C=O) groups excluding carboxylic acids is 1. The number of benzene rings is 1. The van der Waals surface area contributed by atoms with E-state index in [1.807, 2.05) is 0 Å². The maximum absolute atomic E-state index is 10.9. The molecule has 5 nitrogen and oxygen atoms in total. The Kier molecular flexibility index (Phi) is 5.30. The van der Waals surface area contributed by atoms with Crippen molar-refractivity contribution in [2.24, 2.45) is 5.92 Å². The molecule has 5 heteroatoms. The van der Waals surface area contributed by atoms with Gasteiger partial charge < -0.3 is 5.32 Å². The molecule has 0 heterocycles. The second kappa shape index (κ2) is 6.74. The molecule has 0 aromatic heterocycles. The van der Waals surface area contributed by atoms with Gasteiger partial charge in [0.1, 0.15) is 12.0 Å². The first kappa shape index (κ1) is 14.2. The number of nitro groups is 1. The van der Waals surface area contributed by atoms with Gasteiger partial charge in [-0.25, -0.2) is 0 Å². The van der Waals surface area contributed by atoms with Crippen LogP contribution in [-0.4, -0.2) is 17.8 Å². The lowest BCUT2D eigenvalue weighted by molar-refractivity contribution is -0.384. The van der Waals surface area contributed by atoms with E-state index in [2.05, 4.69) is 19.2 Å². The lowest BCUT2D eigenvalue weighted by Gasteiger charge is -2.14. The molecule has 0 unspecified atom stereocenters. The smallest absolute Gasteiger partial charge is 0.293 e. The van der Waals surface area contributed by atoms with Gasteiger partial charge in [0.25, 0.3) is 5.69 Å². The quantitative estimate of drug-likeness (QED) is 0.458. The van der Waals surface area contributed by atoms with Crippen molar-refractivity contribution >= 4 is 17.7 Å². The Morgan fingerprint density at radius 1 is 1.39 bits per heavy atom. The molecule has 0 bridgehead atoms. The van der Waals surface area contributed by atoms with Crippen LogP contribution in [0.1, 0.15) is 37.0 Å². The first-order chi connectivity index (χ1) is 8.62. The van der Waals surface area contributed by atoms with E-state index in [0.29, 0.717) is 30.0 Å². The van der Waals surface area contributed by atoms with Crippen molar-refractivity contribution in [1.82, 2.24) is 0 Å². The van der Waals surface area contributed by atoms with Crippen LogP contribution in [0.3, 0.4) is 0 Å². The van der Waals surface area contributed by atoms with Gasteiger partial charge in [-0.1, -0.05) is 26.7 Å². The van der Waals surface area contributed by atoms with Gasteiger partial charge in [-0.3, -0.25) is 14.9 Å². The van der Waals surface area contributed by atoms with E-state index in [1.54, 1.807) is 12.1 Å². The van der Waals surface area contributed by atoms with E-state index < -0.39 is 4.92 Å². The number of hydrogen-bond acceptors (Lipinski definition) is 4. The second-order valence-corrected chi connectivity index (χ2v) is 4.21. The number of carbonyl (C=O) groups is 1. The molecular weight excluding hydrogens is 232 g/mol. The number of hydrogen-bond donors (Lipinski definition) is 1. The van der Waals surface area contributed by atoms with Crippen molar-refractivity contribution in [3.8, 4) is 0 Å². The van der Waals surface area contributed by atoms with Crippen molar-refractivity contribution in [1.29, 1.82) is 0 Å². The summed E-state index contributed by atoms with van der Waals surface area (Å²) in [5, 5.41) is 14.0. The summed E-state index contributed by atoms with van der Waals surface area (Å²) in [5.41, 5.74) is 0.734. The zero-order valence-corrected chi connectivity index (χ0v) is 10.7. The summed E-state index contributed by atoms with van der Waals surface area (Å²) < 4.78 is 0. The van der Waals surface area contributed by atoms with E-state index in [1.165, 1.54) is 6.07 Å². The number of nitro benzene ring substituents is 1. The average Bonchev–Trinajstić information content (AvgIpc) is 2.39. The Labute approximate surface area is 106 Å². The van der Waals surface area contributed by atoms with Crippen LogP contribution in [0.25, 0.3) is 0 Å². The van der Waals surface area contributed by atoms with Crippen LogP contribution >= 0.6 is 0 Å². The molecular formula is C13H18N2O3. The van der Waals surface area contributed by atoms with Crippen LogP contribution in [0.5, 0.6) is 0 Å². The van der Waals surface area contributed by atoms with Gasteiger partial charge in [-0.15, -0.1) is 0 Å². The topological polar surface area (TPSA) is 72.2 Å². The fourth-order valence-electron chi connectivity index (χ4n) is 1.75. The number of aldehydes is 1. The van der Waals surface area contributed by atoms with Crippen molar-refractivity contribution in [2.75, 3.05) is 11.9 Å². The molecule has 0 atom stereocenters. The zero-order valence-electron chi connectivity index (χ0n) is 10.7. The van der Waals surface area contributed by atoms with Crippen LogP contribution in [0, 0.1) is 16.0 Å². The van der Waals surface area contributed by atoms with E-state index in [9.17, 15) is 14.9 Å². The minimum Gasteiger partial charge on any atom is -0.379 e. The molecule has 0 saturated heterocycles. The van der Waals surface area contributed by atoms with Crippen molar-refractivity contribution in [2.45, 2.75) is 26.7 Å². The highest BCUT2D eigenvalue weighted by molar-refractivity contribution is 5.79. The molecule has 0 radical (unpaired) electrons. The predicted octanol–water partition coefficient (Wildman–Crippen LogP) is 3.26. The highest BCUT2D eigenvalue weighted by Crippen LogP contribution is 2.25. The lowest BCUT2D eigenvalue weighted by Crippen LogP contribution is -2.13. The Balaban J connectivity index is 2.87. The summed E-state index contributed by atoms with van der Waals surface area (Å²) in [6.07, 6.45) is 2.67. The molecule has 1 N–H and O–H groups in total. The van der Waals surface area contributed by atoms with Gasteiger partial charge in [0.05, 0.1) is 4.92 Å². The SMILES string of the molecule is CCC(CC)CNc1ccc(C=O)cc1[N+](=O)[O-]. The van der Waals surface area contributed by atoms with Crippen LogP contribution in [0.2, 0.25) is 0 Å². The first-order valence-corrected chi connectivity index (χ1v) is 6.09. The van der Waals surface area contributed by atoms with Gasteiger partial charge in [-0.05, 0) is 18.1 Å². The van der Waals surface area contributed by atoms with Crippen molar-refractivity contribution in [3.05, 3.63) is 33.9 Å². The number of rotatable bonds is 7. The Bertz CT molecular complexity index is 428. The molecule has 0 spiro atoms. The highest BCUT2D eigenvalue weighted by atomic mass is 16.6. The summed E-state index contributed by atoms with van der Waals surface area (Å²) >= 11 is 0. The zero-order chi connectivity index (χ0) is 13.5. The fraction of sp³-hybridized carbons (Fsp3) is 0.462. The Morgan fingerprint density at radius 3 is 2.56 bits per heavy atom. The molecule has 1 aromatic carbocycles. The minimum absolute atomic E-state index is 0.0504. The van der Waals surface area contributed by atoms with Crippen LogP contribution < -0.4 is 5.32 Å². The van der Waals surface area contributed by atoms with Gasteiger partial charge in [-0.2, -0.15) is 0 Å². The molecule has 0 fully saturated rings. The largest absolute Gasteiger partial charge is 0.379 e. The normalized spacial score (nSPS) is 10.4. The second-order valence-electron chi connectivity index (χ2n) is 4.21. The number of nitrogens with zero attached hydrogens (tertiary/aromatic N) is 1. The summed E-state index contributed by atoms with van der Waals surface area (Å²) in [6, 6.07) is 4.46. The van der Waals surface area contributed by atoms with E-state index in [-0.39, 0.29) is 5.69 Å². The molecule has 0 saturated carbocycles. The van der Waals surface area contributed by atoms with Gasteiger partial charge in [0, 0.05) is 18.2 Å². The van der Waals surface area contributed by atoms with Gasteiger partial charge in [0.2, 0.25) is 0 Å². The molecule has 18 heavy (non-hydrogen) atoms. The van der Waals surface area contributed by atoms with Crippen molar-refractivity contribution < 1.29 is 9.72 Å². The number of anilines is 1. The third-order valence-corrected chi connectivity index (χ3v) is 3.09. The van der Waals surface area contributed by atoms with Crippen molar-refractivity contribution in [3.63, 3.8) is 0 Å². The van der Waals surface area contributed by atoms with Gasteiger partial charge >= 0.3 is 0 Å². The summed E-state index contributed by atoms with van der Waals surface area (Å²) in [4.78, 5) is 21.1. The molecule has 98 valence electrons. The van der Waals surface area contributed by atoms with E-state index in [0.717, 1.165) is 12.8 Å². The maximum Gasteiger partial charge on any atom is 0.293 e. The summed E-state index contributed by atoms with van der Waals surface area (Å²) in [5.74, 6) is 0.496. The minimum atomic E-state index is -0.470. The molecule has 0 aliphatic heterocycles. The number of nitrogens with one attached hydrogen (secondary N) is 1. The summed E-state index contributed by atoms with van der Waals surface area (Å²) in [6.45, 7) is 4.90. The Morgan fingerprint density at radius 2 is 2.06 bits per heavy atom. The monoisotopic (exact) mass is 250 g/mol. The standard InChI is InChI=1S/C13H18N2O3/c1-3-10(4-2)8-14-12-6-5-11(9-16)7-13(12)15(17)18/h5-7,9-10,14H,3-4,8H2,1-2H3. The molecule has 0 aliphatic rings. The molecule has 0 amide bonds. The van der Waals surface area contributed by atoms with E-state index in [4.69, 9.17) is 0 Å². The highest BCUT2D eigenvalue weighted by Gasteiger charge is 2.15.